The summed E-state index contributed by atoms with van der Waals surface area (Å²) in [6, 6.07) is 77.7. The van der Waals surface area contributed by atoms with Crippen molar-refractivity contribution in [2.75, 3.05) is 0 Å². The fourth-order valence-electron chi connectivity index (χ4n) is 14.2. The second-order valence-electron chi connectivity index (χ2n) is 27.2. The summed E-state index contributed by atoms with van der Waals surface area (Å²) in [4.78, 5) is 62.0. The molecule has 0 bridgehead atoms. The molecule has 1 atom stereocenters. The molecule has 1 aliphatic heterocycles. The first-order chi connectivity index (χ1) is 54.5. The van der Waals surface area contributed by atoms with Gasteiger partial charge in [0, 0.05) is 94.7 Å². The summed E-state index contributed by atoms with van der Waals surface area (Å²) in [5, 5.41) is 0. The summed E-state index contributed by atoms with van der Waals surface area (Å²) in [7, 11) is 0. The van der Waals surface area contributed by atoms with Crippen LogP contribution in [0, 0.1) is 61.7 Å². The summed E-state index contributed by atoms with van der Waals surface area (Å²) < 4.78 is 28.9. The molecule has 0 saturated heterocycles. The van der Waals surface area contributed by atoms with E-state index in [1.165, 1.54) is 0 Å². The molecule has 0 amide bonds. The Bertz CT molecular complexity index is 5360. The van der Waals surface area contributed by atoms with Crippen molar-refractivity contribution in [3.63, 3.8) is 0 Å². The van der Waals surface area contributed by atoms with Gasteiger partial charge in [-0.3, -0.25) is 0 Å². The Hall–Kier alpha value is -14.1. The van der Waals surface area contributed by atoms with Gasteiger partial charge in [-0.25, -0.2) is 24.0 Å². The van der Waals surface area contributed by atoms with Gasteiger partial charge in [-0.15, -0.1) is 43.9 Å². The number of benzene rings is 10. The van der Waals surface area contributed by atoms with Gasteiger partial charge >= 0.3 is 29.8 Å². The van der Waals surface area contributed by atoms with Gasteiger partial charge < -0.3 is 23.7 Å². The van der Waals surface area contributed by atoms with Gasteiger partial charge in [-0.1, -0.05) is 294 Å². The summed E-state index contributed by atoms with van der Waals surface area (Å²) in [5.41, 5.74) is 12.5. The maximum absolute atomic E-state index is 12.3. The first kappa shape index (κ1) is 79.9. The van der Waals surface area contributed by atoms with Gasteiger partial charge in [0.2, 0.25) is 28.0 Å². The predicted molar refractivity (Wildman–Crippen MR) is 450 cm³/mol. The summed E-state index contributed by atoms with van der Waals surface area (Å²) in [5.74, 6) is 12.0. The second-order valence-corrected chi connectivity index (χ2v) is 28.2. The molecule has 15 rings (SSSR count). The minimum Gasteiger partial charge on any atom is -0.434 e. The molecule has 113 heavy (non-hydrogen) atoms. The fourth-order valence-corrected chi connectivity index (χ4v) is 15.3. The zero-order chi connectivity index (χ0) is 80.7. The number of hydrogen-bond donors (Lipinski definition) is 0. The molecule has 0 spiro atoms. The van der Waals surface area contributed by atoms with Crippen molar-refractivity contribution in [3.05, 3.63) is 410 Å². The Kier molecular flexibility index (Phi) is 24.5. The topological polar surface area (TPSA) is 132 Å². The molecule has 10 aromatic rings. The van der Waals surface area contributed by atoms with Crippen LogP contribution in [0.1, 0.15) is 133 Å². The summed E-state index contributed by atoms with van der Waals surface area (Å²) >= 11 is 1.70. The number of ether oxygens (including phenoxy) is 5. The number of aryl methyl sites for hydroxylation is 2. The van der Waals surface area contributed by atoms with Crippen LogP contribution in [0.4, 0.5) is 0 Å². The lowest BCUT2D eigenvalue weighted by atomic mass is 9.75. The molecule has 1 heterocycles. The number of hydrogen-bond acceptors (Lipinski definition) is 11. The third-order valence-electron chi connectivity index (χ3n) is 19.7. The Morgan fingerprint density at radius 1 is 0.319 bits per heavy atom. The zero-order valence-corrected chi connectivity index (χ0v) is 64.0. The van der Waals surface area contributed by atoms with Crippen molar-refractivity contribution in [2.24, 2.45) is 0 Å². The van der Waals surface area contributed by atoms with Crippen molar-refractivity contribution in [2.45, 2.75) is 85.6 Å². The largest absolute Gasteiger partial charge is 0.434 e. The molecule has 10 aromatic carbocycles. The SMILES string of the molecule is C#CC1(OC(=O)C(=C)C)c2ccccc2C=Cc2ccccc21.C#CC1(OC(=O)C(=C)C)c2ccccc2CCc2ccccc21.C#CC1(OC(=O)C(=C)C)c2ccccc2CSc2ccccc21.C#CC1(OC(=O)C(=C)C)c2ccccc2Cc2ccccc21.C#CC1(OC(=O)C=C)c2ccccc2C=Cc2ccccc21. The second kappa shape index (κ2) is 34.6. The normalized spacial score (nSPS) is 15.1. The Morgan fingerprint density at radius 3 is 0.858 bits per heavy atom. The molecule has 1 unspecified atom stereocenters. The average molecular weight is 1500 g/mol. The van der Waals surface area contributed by atoms with E-state index in [-0.39, 0.29) is 0 Å². The third kappa shape index (κ3) is 15.9. The Morgan fingerprint density at radius 2 is 0.549 bits per heavy atom. The average Bonchev–Trinajstić information content (AvgIpc) is 1.61. The predicted octanol–water partition coefficient (Wildman–Crippen LogP) is 19.6. The Balaban J connectivity index is 0.000000139. The zero-order valence-electron chi connectivity index (χ0n) is 63.2. The van der Waals surface area contributed by atoms with Crippen molar-refractivity contribution < 1.29 is 47.7 Å². The van der Waals surface area contributed by atoms with E-state index < -0.39 is 57.9 Å². The number of rotatable bonds is 10. The number of terminal acetylenes is 5. The van der Waals surface area contributed by atoms with Crippen LogP contribution in [0.3, 0.4) is 0 Å². The minimum absolute atomic E-state index is 0.312. The van der Waals surface area contributed by atoms with E-state index >= 15 is 0 Å². The van der Waals surface area contributed by atoms with Gasteiger partial charge in [0.1, 0.15) is 0 Å². The molecule has 554 valence electrons. The quantitative estimate of drug-likeness (QED) is 0.0561. The molecule has 5 aliphatic rings. The van der Waals surface area contributed by atoms with E-state index in [1.807, 2.05) is 267 Å². The molecule has 0 radical (unpaired) electrons. The summed E-state index contributed by atoms with van der Waals surface area (Å²) in [6.45, 7) is 24.6. The first-order valence-corrected chi connectivity index (χ1v) is 37.2. The van der Waals surface area contributed by atoms with E-state index in [4.69, 9.17) is 55.8 Å². The molecular formula is C102H80O10S. The number of esters is 5. The maximum atomic E-state index is 12.3. The third-order valence-corrected chi connectivity index (χ3v) is 20.9. The lowest BCUT2D eigenvalue weighted by Gasteiger charge is -2.36. The van der Waals surface area contributed by atoms with Crippen molar-refractivity contribution >= 4 is 65.9 Å². The number of fused-ring (bicyclic) bond motifs is 10. The van der Waals surface area contributed by atoms with E-state index in [1.54, 1.807) is 39.5 Å². The van der Waals surface area contributed by atoms with Crippen LogP contribution in [0.25, 0.3) is 24.3 Å². The highest BCUT2D eigenvalue weighted by Crippen LogP contribution is 2.48. The molecule has 0 fully saturated rings. The monoisotopic (exact) mass is 1500 g/mol. The lowest BCUT2D eigenvalue weighted by Crippen LogP contribution is -2.37. The molecule has 0 N–H and O–H groups in total. The highest BCUT2D eigenvalue weighted by molar-refractivity contribution is 7.98. The van der Waals surface area contributed by atoms with Gasteiger partial charge in [0.25, 0.3) is 0 Å². The van der Waals surface area contributed by atoms with E-state index in [0.29, 0.717) is 22.3 Å². The van der Waals surface area contributed by atoms with Crippen molar-refractivity contribution in [3.8, 4) is 61.7 Å². The van der Waals surface area contributed by atoms with Crippen LogP contribution in [0.5, 0.6) is 0 Å². The van der Waals surface area contributed by atoms with Crippen LogP contribution in [0.2, 0.25) is 0 Å². The number of carbonyl (C=O) groups excluding carboxylic acids is 5. The van der Waals surface area contributed by atoms with Crippen LogP contribution < -0.4 is 0 Å². The van der Waals surface area contributed by atoms with Gasteiger partial charge in [0.15, 0.2) is 0 Å². The first-order valence-electron chi connectivity index (χ1n) is 36.2. The highest BCUT2D eigenvalue weighted by atomic mass is 32.2. The standard InChI is InChI=1S/C21H18O2.C21H16O2.C20H16O2S.C20H16O2.C20H14O2/c2*1-4-21(23-20(22)15(2)3)18-11-7-5-9-16(18)13-14-17-10-6-8-12-19(17)21;1-4-20(22-19(21)14(2)3)16-10-6-5-9-15(16)13-23-18-12-8-7-11-17(18)20;1-4-20(22-19(21)14(2)3)17-11-7-5-9-15(17)13-16-10-6-8-12-18(16)20;1-3-19(21)22-20(4-2)17-11-7-5-9-15(17)13-14-16-10-6-8-12-18(16)20/h1,5-12H,2,13-14H2,3H3;1,5-14H,2H2,3H3;1,5-12H,2,13H2,3H3;1,5-12H,2,13H2,3H3;2-3,5-14H,1H2. The van der Waals surface area contributed by atoms with Crippen LogP contribution in [-0.4, -0.2) is 29.8 Å². The number of thioether (sulfide) groups is 1. The molecule has 11 heteroatoms. The summed E-state index contributed by atoms with van der Waals surface area (Å²) in [6.07, 6.45) is 41.0. The highest BCUT2D eigenvalue weighted by Gasteiger charge is 2.47. The van der Waals surface area contributed by atoms with E-state index in [9.17, 15) is 24.0 Å². The van der Waals surface area contributed by atoms with E-state index in [2.05, 4.69) is 62.5 Å². The van der Waals surface area contributed by atoms with Crippen LogP contribution in [0.15, 0.2) is 309 Å². The van der Waals surface area contributed by atoms with Gasteiger partial charge in [0.05, 0.1) is 0 Å². The van der Waals surface area contributed by atoms with Crippen molar-refractivity contribution in [1.29, 1.82) is 0 Å². The molecule has 4 aliphatic carbocycles. The minimum atomic E-state index is -1.27. The molecular weight excluding hydrogens is 1420 g/mol. The van der Waals surface area contributed by atoms with E-state index in [0.717, 1.165) is 142 Å². The smallest absolute Gasteiger partial charge is 0.335 e. The van der Waals surface area contributed by atoms with Gasteiger partial charge in [-0.2, -0.15) is 0 Å². The van der Waals surface area contributed by atoms with Gasteiger partial charge in [-0.05, 0) is 133 Å². The fraction of sp³-hybridized carbons (Fsp3) is 0.127. The lowest BCUT2D eigenvalue weighted by molar-refractivity contribution is -0.148. The van der Waals surface area contributed by atoms with Crippen molar-refractivity contribution in [1.82, 2.24) is 0 Å². The maximum Gasteiger partial charge on any atom is 0.335 e. The van der Waals surface area contributed by atoms with Crippen LogP contribution >= 0.6 is 11.8 Å². The molecule has 0 aromatic heterocycles. The Labute approximate surface area is 666 Å². The number of carbonyl (C=O) groups is 5. The van der Waals surface area contributed by atoms with Crippen LogP contribution in [-0.2, 0) is 101 Å². The molecule has 10 nitrogen and oxygen atoms in total. The molecule has 0 saturated carbocycles.